The molecule has 1 aromatic rings. The molecule has 4 aliphatic rings. The number of methoxy groups -OCH3 is 3. The molecule has 11 heteroatoms. The first-order valence-electron chi connectivity index (χ1n) is 14.8. The number of allylic oxidation sites excluding steroid dienone is 1. The fourth-order valence-corrected chi connectivity index (χ4v) is 6.42. The number of benzene rings is 1. The highest BCUT2D eigenvalue weighted by Crippen LogP contribution is 2.59. The van der Waals surface area contributed by atoms with Gasteiger partial charge < -0.3 is 34.1 Å². The summed E-state index contributed by atoms with van der Waals surface area (Å²) in [7, 11) is 4.63. The summed E-state index contributed by atoms with van der Waals surface area (Å²) in [6.07, 6.45) is 4.59. The van der Waals surface area contributed by atoms with Crippen molar-refractivity contribution in [2.75, 3.05) is 80.3 Å². The van der Waals surface area contributed by atoms with Crippen LogP contribution in [-0.2, 0) is 9.53 Å². The quantitative estimate of drug-likeness (QED) is 0.294. The lowest BCUT2D eigenvalue weighted by Crippen LogP contribution is -2.54. The normalized spacial score (nSPS) is 21.0. The highest BCUT2D eigenvalue weighted by atomic mass is 16.5. The van der Waals surface area contributed by atoms with Crippen molar-refractivity contribution >= 4 is 17.9 Å². The van der Waals surface area contributed by atoms with Gasteiger partial charge in [0.05, 0.1) is 27.9 Å². The maximum absolute atomic E-state index is 14.1. The molecule has 1 heterocycles. The van der Waals surface area contributed by atoms with Crippen molar-refractivity contribution in [1.29, 1.82) is 0 Å². The Bertz CT molecular complexity index is 1150. The average Bonchev–Trinajstić information content (AvgIpc) is 3.01. The van der Waals surface area contributed by atoms with E-state index in [4.69, 9.17) is 18.9 Å². The molecule has 5 rings (SSSR count). The minimum atomic E-state index is -0.449. The van der Waals surface area contributed by atoms with Gasteiger partial charge in [0.1, 0.15) is 6.54 Å². The second-order valence-corrected chi connectivity index (χ2v) is 11.8. The number of piperazine rings is 1. The minimum Gasteiger partial charge on any atom is -0.493 e. The summed E-state index contributed by atoms with van der Waals surface area (Å²) in [5, 5.41) is 2.63. The van der Waals surface area contributed by atoms with Crippen molar-refractivity contribution in [1.82, 2.24) is 20.0 Å². The third-order valence-corrected chi connectivity index (χ3v) is 9.19. The molecule has 1 aliphatic heterocycles. The number of hydrogen-bond acceptors (Lipinski definition) is 8. The van der Waals surface area contributed by atoms with Crippen LogP contribution in [0.1, 0.15) is 44.0 Å². The second kappa shape index (κ2) is 13.7. The molecule has 1 N–H and O–H groups in total. The molecule has 1 saturated carbocycles. The SMILES string of the molecule is CCOC(=O)CNC(=O)N1CCN(CCN(CC2=CCC3CC2C3(C)C)C(=O)c2cc(OC)c(OC)c(OC)c2)CC1. The van der Waals surface area contributed by atoms with E-state index in [1.807, 2.05) is 4.90 Å². The zero-order valence-corrected chi connectivity index (χ0v) is 25.9. The maximum atomic E-state index is 14.1. The van der Waals surface area contributed by atoms with Crippen molar-refractivity contribution in [3.05, 3.63) is 29.3 Å². The monoisotopic (exact) mass is 586 g/mol. The molecule has 3 amide bonds. The number of carbonyl (C=O) groups is 3. The highest BCUT2D eigenvalue weighted by molar-refractivity contribution is 5.96. The Hall–Kier alpha value is -3.47. The summed E-state index contributed by atoms with van der Waals surface area (Å²) < 4.78 is 21.4. The molecule has 232 valence electrons. The first kappa shape index (κ1) is 31.5. The van der Waals surface area contributed by atoms with Crippen LogP contribution in [0.5, 0.6) is 17.2 Å². The predicted octanol–water partition coefficient (Wildman–Crippen LogP) is 3.04. The van der Waals surface area contributed by atoms with Gasteiger partial charge in [0.25, 0.3) is 5.91 Å². The van der Waals surface area contributed by atoms with E-state index in [0.717, 1.165) is 12.3 Å². The molecule has 2 fully saturated rings. The number of urea groups is 1. The molecule has 42 heavy (non-hydrogen) atoms. The number of hydrogen-bond donors (Lipinski definition) is 1. The van der Waals surface area contributed by atoms with Gasteiger partial charge in [-0.3, -0.25) is 14.5 Å². The number of nitrogens with one attached hydrogen (secondary N) is 1. The first-order chi connectivity index (χ1) is 20.1. The van der Waals surface area contributed by atoms with Crippen LogP contribution in [-0.4, -0.2) is 113 Å². The number of carbonyl (C=O) groups excluding carboxylic acids is 3. The van der Waals surface area contributed by atoms with Gasteiger partial charge >= 0.3 is 12.0 Å². The van der Waals surface area contributed by atoms with Crippen LogP contribution < -0.4 is 19.5 Å². The van der Waals surface area contributed by atoms with E-state index in [9.17, 15) is 14.4 Å². The average molecular weight is 587 g/mol. The summed E-state index contributed by atoms with van der Waals surface area (Å²) in [4.78, 5) is 44.0. The standard InChI is InChI=1S/C31H46N4O7/c1-7-42-27(36)19-32-30(38)34-13-10-33(11-14-34)12-15-35(20-21-8-9-23-18-24(21)31(23,2)3)29(37)22-16-25(39-4)28(41-6)26(17-22)40-5/h8,16-17,23-24H,7,9-15,18-20H2,1-6H3,(H,32,38). The van der Waals surface area contributed by atoms with Gasteiger partial charge in [-0.2, -0.15) is 0 Å². The van der Waals surface area contributed by atoms with Crippen molar-refractivity contribution in [3.63, 3.8) is 0 Å². The molecule has 2 unspecified atom stereocenters. The van der Waals surface area contributed by atoms with Crippen LogP contribution in [0.4, 0.5) is 4.79 Å². The fraction of sp³-hybridized carbons (Fsp3) is 0.645. The number of fused-ring (bicyclic) bond motifs is 1. The van der Waals surface area contributed by atoms with E-state index in [2.05, 4.69) is 30.1 Å². The van der Waals surface area contributed by atoms with Gasteiger partial charge in [-0.15, -0.1) is 0 Å². The van der Waals surface area contributed by atoms with Gasteiger partial charge in [-0.1, -0.05) is 25.5 Å². The molecule has 1 saturated heterocycles. The van der Waals surface area contributed by atoms with Crippen molar-refractivity contribution < 1.29 is 33.3 Å². The van der Waals surface area contributed by atoms with E-state index < -0.39 is 5.97 Å². The largest absolute Gasteiger partial charge is 0.493 e. The summed E-state index contributed by atoms with van der Waals surface area (Å²) >= 11 is 0. The van der Waals surface area contributed by atoms with E-state index in [-0.39, 0.29) is 30.5 Å². The highest BCUT2D eigenvalue weighted by Gasteiger charge is 2.51. The lowest BCUT2D eigenvalue weighted by atomic mass is 9.49. The molecule has 2 atom stereocenters. The van der Waals surface area contributed by atoms with Gasteiger partial charge in [-0.05, 0) is 49.1 Å². The lowest BCUT2D eigenvalue weighted by molar-refractivity contribution is -0.141. The fourth-order valence-electron chi connectivity index (χ4n) is 6.42. The summed E-state index contributed by atoms with van der Waals surface area (Å²) in [5.74, 6) is 2.00. The molecular formula is C31H46N4O7. The molecule has 0 spiro atoms. The van der Waals surface area contributed by atoms with E-state index in [1.54, 1.807) is 45.3 Å². The molecule has 3 aliphatic carbocycles. The number of rotatable bonds is 12. The number of amides is 3. The smallest absolute Gasteiger partial charge is 0.325 e. The Labute approximate surface area is 249 Å². The molecule has 0 aromatic heterocycles. The van der Waals surface area contributed by atoms with Gasteiger partial charge in [-0.25, -0.2) is 4.79 Å². The van der Waals surface area contributed by atoms with E-state index in [0.29, 0.717) is 74.5 Å². The number of esters is 1. The van der Waals surface area contributed by atoms with Crippen LogP contribution in [0.25, 0.3) is 0 Å². The molecule has 0 radical (unpaired) electrons. The summed E-state index contributed by atoms with van der Waals surface area (Å²) in [5.41, 5.74) is 2.08. The summed E-state index contributed by atoms with van der Waals surface area (Å²) in [6, 6.07) is 3.15. The predicted molar refractivity (Wildman–Crippen MR) is 158 cm³/mol. The van der Waals surface area contributed by atoms with Gasteiger partial charge in [0, 0.05) is 51.4 Å². The Morgan fingerprint density at radius 3 is 2.24 bits per heavy atom. The number of nitrogens with zero attached hydrogens (tertiary/aromatic N) is 3. The van der Waals surface area contributed by atoms with Crippen molar-refractivity contribution in [3.8, 4) is 17.2 Å². The zero-order chi connectivity index (χ0) is 30.4. The Morgan fingerprint density at radius 1 is 1.02 bits per heavy atom. The van der Waals surface area contributed by atoms with Crippen LogP contribution in [0.2, 0.25) is 0 Å². The van der Waals surface area contributed by atoms with Crippen molar-refractivity contribution in [2.45, 2.75) is 33.6 Å². The van der Waals surface area contributed by atoms with Gasteiger partial charge in [0.2, 0.25) is 5.75 Å². The Balaban J connectivity index is 1.43. The van der Waals surface area contributed by atoms with E-state index in [1.165, 1.54) is 12.0 Å². The van der Waals surface area contributed by atoms with Crippen LogP contribution >= 0.6 is 0 Å². The lowest BCUT2D eigenvalue weighted by Gasteiger charge is -2.57. The third kappa shape index (κ3) is 6.77. The minimum absolute atomic E-state index is 0.0913. The summed E-state index contributed by atoms with van der Waals surface area (Å²) in [6.45, 7) is 10.8. The molecule has 11 nitrogen and oxygen atoms in total. The Morgan fingerprint density at radius 2 is 1.69 bits per heavy atom. The first-order valence-corrected chi connectivity index (χ1v) is 14.8. The molecule has 2 bridgehead atoms. The zero-order valence-electron chi connectivity index (χ0n) is 25.9. The van der Waals surface area contributed by atoms with Crippen molar-refractivity contribution in [2.24, 2.45) is 17.3 Å². The molecule has 1 aromatic carbocycles. The van der Waals surface area contributed by atoms with Gasteiger partial charge in [0.15, 0.2) is 11.5 Å². The number of ether oxygens (including phenoxy) is 4. The maximum Gasteiger partial charge on any atom is 0.325 e. The van der Waals surface area contributed by atoms with Crippen LogP contribution in [0.3, 0.4) is 0 Å². The second-order valence-electron chi connectivity index (χ2n) is 11.8. The van der Waals surface area contributed by atoms with Crippen LogP contribution in [0.15, 0.2) is 23.8 Å². The Kier molecular flexibility index (Phi) is 10.2. The van der Waals surface area contributed by atoms with Crippen LogP contribution in [0, 0.1) is 17.3 Å². The third-order valence-electron chi connectivity index (χ3n) is 9.19. The van der Waals surface area contributed by atoms with E-state index >= 15 is 0 Å². The molecular weight excluding hydrogens is 540 g/mol. The topological polar surface area (TPSA) is 110 Å².